The number of amides is 6. The first-order chi connectivity index (χ1) is 18.3. The zero-order chi connectivity index (χ0) is 26.8. The van der Waals surface area contributed by atoms with Crippen molar-refractivity contribution in [1.82, 2.24) is 20.4 Å². The van der Waals surface area contributed by atoms with Gasteiger partial charge in [0.25, 0.3) is 23.6 Å². The maximum Gasteiger partial charge on any atom is 0.253 e. The number of rotatable bonds is 8. The number of hydrogen-bond acceptors (Lipinski definition) is 6. The molecular weight excluding hydrogens is 488 g/mol. The third-order valence-electron chi connectivity index (χ3n) is 7.29. The molecule has 0 saturated carbocycles. The van der Waals surface area contributed by atoms with Gasteiger partial charge in [0.1, 0.15) is 24.2 Å². The monoisotopic (exact) mass is 516 g/mol. The molecule has 5 rings (SSSR count). The van der Waals surface area contributed by atoms with Gasteiger partial charge in [-0.15, -0.1) is 0 Å². The Labute approximate surface area is 219 Å². The maximum atomic E-state index is 13.2. The van der Waals surface area contributed by atoms with E-state index in [-0.39, 0.29) is 37.5 Å². The van der Waals surface area contributed by atoms with Gasteiger partial charge < -0.3 is 10.6 Å². The van der Waals surface area contributed by atoms with Crippen LogP contribution >= 0.6 is 0 Å². The standard InChI is InChI=1S/C28H28N4O6/c33-23(13-11-17-7-3-1-4-8-17)29-19-15-21-27(37)32-22(28(38)31(21)25(19)35)16-20(26(32)36)30-24(34)14-12-18-9-5-2-6-10-18/h1-10,19-22H,11-16H2,(H,29,33)(H,30,34)/t19-,20-,21-,22-/m0/s1. The Balaban J connectivity index is 1.18. The van der Waals surface area contributed by atoms with E-state index in [0.29, 0.717) is 12.8 Å². The normalized spacial score (nSPS) is 24.3. The second-order valence-electron chi connectivity index (χ2n) is 9.81. The van der Waals surface area contributed by atoms with E-state index in [0.717, 1.165) is 20.9 Å². The lowest BCUT2D eigenvalue weighted by molar-refractivity contribution is -0.166. The van der Waals surface area contributed by atoms with Gasteiger partial charge in [0, 0.05) is 25.7 Å². The minimum absolute atomic E-state index is 0.0922. The predicted molar refractivity (Wildman–Crippen MR) is 134 cm³/mol. The third-order valence-corrected chi connectivity index (χ3v) is 7.29. The zero-order valence-electron chi connectivity index (χ0n) is 20.7. The molecule has 2 aromatic rings. The number of hydrogen-bond donors (Lipinski definition) is 2. The first kappa shape index (κ1) is 25.3. The van der Waals surface area contributed by atoms with Crippen molar-refractivity contribution in [1.29, 1.82) is 0 Å². The number of carbonyl (C=O) groups excluding carboxylic acids is 6. The number of benzene rings is 2. The van der Waals surface area contributed by atoms with Crippen LogP contribution in [0, 0.1) is 0 Å². The number of aryl methyl sites for hydroxylation is 2. The lowest BCUT2D eigenvalue weighted by atomic mass is 10.0. The molecule has 0 unspecified atom stereocenters. The van der Waals surface area contributed by atoms with Crippen molar-refractivity contribution in [2.24, 2.45) is 0 Å². The third kappa shape index (κ3) is 4.93. The molecule has 0 radical (unpaired) electrons. The van der Waals surface area contributed by atoms with E-state index < -0.39 is 47.8 Å². The van der Waals surface area contributed by atoms with Crippen LogP contribution in [0.4, 0.5) is 0 Å². The fourth-order valence-electron chi connectivity index (χ4n) is 5.35. The molecule has 3 aliphatic rings. The molecule has 0 aromatic heterocycles. The summed E-state index contributed by atoms with van der Waals surface area (Å²) in [6, 6.07) is 14.5. The number of fused-ring (bicyclic) bond motifs is 2. The Morgan fingerprint density at radius 1 is 0.605 bits per heavy atom. The van der Waals surface area contributed by atoms with Gasteiger partial charge in [-0.25, -0.2) is 0 Å². The SMILES string of the molecule is O=C(CCc1ccccc1)N[C@H]1C[C@H]2C(=O)N3C(=O)[C@@H](NC(=O)CCc4ccccc4)C[C@H]3C(=O)N2C1=O. The molecule has 4 atom stereocenters. The van der Waals surface area contributed by atoms with E-state index in [1.165, 1.54) is 0 Å². The van der Waals surface area contributed by atoms with Crippen LogP contribution in [0.5, 0.6) is 0 Å². The number of carbonyl (C=O) groups is 6. The molecule has 10 heteroatoms. The molecular formula is C28H28N4O6. The van der Waals surface area contributed by atoms with Crippen molar-refractivity contribution in [2.45, 2.75) is 62.7 Å². The molecule has 6 amide bonds. The fourth-order valence-corrected chi connectivity index (χ4v) is 5.35. The van der Waals surface area contributed by atoms with Crippen molar-refractivity contribution in [3.05, 3.63) is 71.8 Å². The van der Waals surface area contributed by atoms with Gasteiger partial charge in [0.15, 0.2) is 0 Å². The minimum atomic E-state index is -1.15. The Kier molecular flexibility index (Phi) is 7.04. The molecule has 2 aromatic carbocycles. The van der Waals surface area contributed by atoms with Gasteiger partial charge in [-0.2, -0.15) is 0 Å². The van der Waals surface area contributed by atoms with E-state index in [1.54, 1.807) is 0 Å². The van der Waals surface area contributed by atoms with Crippen molar-refractivity contribution >= 4 is 35.4 Å². The summed E-state index contributed by atoms with van der Waals surface area (Å²) < 4.78 is 0. The van der Waals surface area contributed by atoms with Crippen molar-refractivity contribution in [3.63, 3.8) is 0 Å². The lowest BCUT2D eigenvalue weighted by Gasteiger charge is -2.35. The van der Waals surface area contributed by atoms with Crippen LogP contribution in [0.3, 0.4) is 0 Å². The highest BCUT2D eigenvalue weighted by Crippen LogP contribution is 2.34. The maximum absolute atomic E-state index is 13.2. The summed E-state index contributed by atoms with van der Waals surface area (Å²) in [4.78, 5) is 79.2. The van der Waals surface area contributed by atoms with Gasteiger partial charge in [0.2, 0.25) is 11.8 Å². The number of nitrogens with zero attached hydrogens (tertiary/aromatic N) is 2. The van der Waals surface area contributed by atoms with Gasteiger partial charge in [-0.3, -0.25) is 38.6 Å². The van der Waals surface area contributed by atoms with Gasteiger partial charge in [-0.05, 0) is 24.0 Å². The van der Waals surface area contributed by atoms with Crippen LogP contribution in [-0.4, -0.2) is 69.4 Å². The quantitative estimate of drug-likeness (QED) is 0.491. The van der Waals surface area contributed by atoms with Crippen LogP contribution in [0.15, 0.2) is 60.7 Å². The molecule has 10 nitrogen and oxygen atoms in total. The highest BCUT2D eigenvalue weighted by Gasteiger charge is 2.60. The molecule has 3 aliphatic heterocycles. The van der Waals surface area contributed by atoms with Crippen LogP contribution in [0.2, 0.25) is 0 Å². The Morgan fingerprint density at radius 3 is 1.34 bits per heavy atom. The summed E-state index contributed by atoms with van der Waals surface area (Å²) in [7, 11) is 0. The van der Waals surface area contributed by atoms with E-state index in [4.69, 9.17) is 0 Å². The molecule has 3 saturated heterocycles. The largest absolute Gasteiger partial charge is 0.344 e. The topological polar surface area (TPSA) is 133 Å². The Bertz CT molecular complexity index is 1180. The fraction of sp³-hybridized carbons (Fsp3) is 0.357. The van der Waals surface area contributed by atoms with Crippen molar-refractivity contribution < 1.29 is 28.8 Å². The first-order valence-corrected chi connectivity index (χ1v) is 12.7. The summed E-state index contributed by atoms with van der Waals surface area (Å²) in [6.45, 7) is 0. The second-order valence-corrected chi connectivity index (χ2v) is 9.81. The Morgan fingerprint density at radius 2 is 0.974 bits per heavy atom. The summed E-state index contributed by atoms with van der Waals surface area (Å²) in [5.41, 5.74) is 1.95. The van der Waals surface area contributed by atoms with E-state index in [1.807, 2.05) is 60.7 Å². The highest BCUT2D eigenvalue weighted by molar-refractivity contribution is 6.17. The highest BCUT2D eigenvalue weighted by atomic mass is 16.2. The smallest absolute Gasteiger partial charge is 0.253 e. The molecule has 196 valence electrons. The molecule has 3 fully saturated rings. The minimum Gasteiger partial charge on any atom is -0.344 e. The van der Waals surface area contributed by atoms with E-state index >= 15 is 0 Å². The van der Waals surface area contributed by atoms with Crippen molar-refractivity contribution in [3.8, 4) is 0 Å². The van der Waals surface area contributed by atoms with Crippen LogP contribution in [-0.2, 0) is 41.6 Å². The number of nitrogens with one attached hydrogen (secondary N) is 2. The lowest BCUT2D eigenvalue weighted by Crippen LogP contribution is -2.62. The molecule has 0 bridgehead atoms. The van der Waals surface area contributed by atoms with Gasteiger partial charge in [0.05, 0.1) is 0 Å². The molecule has 38 heavy (non-hydrogen) atoms. The molecule has 0 spiro atoms. The summed E-state index contributed by atoms with van der Waals surface area (Å²) in [5, 5.41) is 5.28. The summed E-state index contributed by atoms with van der Waals surface area (Å²) >= 11 is 0. The zero-order valence-corrected chi connectivity index (χ0v) is 20.7. The number of piperazine rings is 1. The van der Waals surface area contributed by atoms with Crippen LogP contribution in [0.1, 0.15) is 36.8 Å². The average molecular weight is 517 g/mol. The average Bonchev–Trinajstić information content (AvgIpc) is 3.43. The first-order valence-electron chi connectivity index (χ1n) is 12.7. The Hall–Kier alpha value is -4.34. The summed E-state index contributed by atoms with van der Waals surface area (Å²) in [6.07, 6.45) is 1.09. The molecule has 0 aliphatic carbocycles. The number of imide groups is 2. The molecule has 3 heterocycles. The molecule has 2 N–H and O–H groups in total. The summed E-state index contributed by atoms with van der Waals surface area (Å²) in [5.74, 6) is -3.33. The van der Waals surface area contributed by atoms with Crippen LogP contribution in [0.25, 0.3) is 0 Å². The van der Waals surface area contributed by atoms with Gasteiger partial charge in [-0.1, -0.05) is 60.7 Å². The van der Waals surface area contributed by atoms with Gasteiger partial charge >= 0.3 is 0 Å². The van der Waals surface area contributed by atoms with E-state index in [9.17, 15) is 28.8 Å². The van der Waals surface area contributed by atoms with Crippen molar-refractivity contribution in [2.75, 3.05) is 0 Å². The van der Waals surface area contributed by atoms with Crippen LogP contribution < -0.4 is 10.6 Å². The van der Waals surface area contributed by atoms with E-state index in [2.05, 4.69) is 10.6 Å². The predicted octanol–water partition coefficient (Wildman–Crippen LogP) is 0.490. The second kappa shape index (κ2) is 10.6.